The third-order valence-electron chi connectivity index (χ3n) is 5.14. The van der Waals surface area contributed by atoms with Crippen molar-refractivity contribution in [2.45, 2.75) is 12.5 Å². The maximum atomic E-state index is 13.2. The lowest BCUT2D eigenvalue weighted by Crippen LogP contribution is -2.47. The minimum absolute atomic E-state index is 0.103. The number of carbonyl (C=O) groups is 3. The Bertz CT molecular complexity index is 1380. The zero-order chi connectivity index (χ0) is 24.9. The molecule has 0 saturated heterocycles. The van der Waals surface area contributed by atoms with Gasteiger partial charge in [-0.3, -0.25) is 14.4 Å². The number of nitrogens with zero attached hydrogens (tertiary/aromatic N) is 3. The Kier molecular flexibility index (Phi) is 7.24. The van der Waals surface area contributed by atoms with Crippen molar-refractivity contribution in [1.82, 2.24) is 20.1 Å². The van der Waals surface area contributed by atoms with Gasteiger partial charge in [0.15, 0.2) is 5.82 Å². The van der Waals surface area contributed by atoms with Gasteiger partial charge in [0, 0.05) is 34.4 Å². The molecule has 176 valence electrons. The summed E-state index contributed by atoms with van der Waals surface area (Å²) in [6.07, 6.45) is 3.25. The predicted octanol–water partition coefficient (Wildman–Crippen LogP) is 3.64. The number of rotatable bonds is 8. The number of pyridine rings is 1. The number of aromatic nitrogens is 3. The highest BCUT2D eigenvalue weighted by Crippen LogP contribution is 2.26. The van der Waals surface area contributed by atoms with Gasteiger partial charge >= 0.3 is 0 Å². The molecule has 0 fully saturated rings. The number of Topliss-reactive ketones (excluding diaryl/α,β-unsaturated/α-hetero) is 1. The van der Waals surface area contributed by atoms with Crippen LogP contribution < -0.4 is 11.1 Å². The minimum Gasteiger partial charge on any atom is -0.363 e. The van der Waals surface area contributed by atoms with Gasteiger partial charge in [-0.15, -0.1) is 0 Å². The SMILES string of the molecule is NC(=O)C(=O)C(Cc1ccccc1)NC(=O)c1cccnc1-n1ccc(-c2cc(Cl)cc(Cl)c2)n1. The number of primary amides is 1. The molecular weight excluding hydrogens is 489 g/mol. The van der Waals surface area contributed by atoms with Gasteiger partial charge in [-0.05, 0) is 42.0 Å². The Balaban J connectivity index is 1.63. The summed E-state index contributed by atoms with van der Waals surface area (Å²) in [4.78, 5) is 41.5. The van der Waals surface area contributed by atoms with Gasteiger partial charge in [-0.2, -0.15) is 5.10 Å². The quantitative estimate of drug-likeness (QED) is 0.352. The summed E-state index contributed by atoms with van der Waals surface area (Å²) >= 11 is 12.2. The van der Waals surface area contributed by atoms with E-state index in [9.17, 15) is 14.4 Å². The van der Waals surface area contributed by atoms with Crippen LogP contribution in [0.2, 0.25) is 10.0 Å². The van der Waals surface area contributed by atoms with Gasteiger partial charge < -0.3 is 11.1 Å². The first-order valence-electron chi connectivity index (χ1n) is 10.5. The summed E-state index contributed by atoms with van der Waals surface area (Å²) < 4.78 is 1.43. The van der Waals surface area contributed by atoms with Crippen molar-refractivity contribution in [3.8, 4) is 17.1 Å². The van der Waals surface area contributed by atoms with Crippen molar-refractivity contribution in [3.05, 3.63) is 100 Å². The molecule has 0 saturated carbocycles. The standard InChI is InChI=1S/C25H19Cl2N5O3/c26-17-12-16(13-18(27)14-17)20-8-10-32(31-20)24-19(7-4-9-29-24)25(35)30-21(22(33)23(28)34)11-15-5-2-1-3-6-15/h1-10,12-14,21H,11H2,(H2,28,34)(H,30,35). The first-order chi connectivity index (χ1) is 16.8. The van der Waals surface area contributed by atoms with Crippen LogP contribution in [0, 0.1) is 0 Å². The van der Waals surface area contributed by atoms with Crippen molar-refractivity contribution < 1.29 is 14.4 Å². The molecular formula is C25H19Cl2N5O3. The van der Waals surface area contributed by atoms with E-state index >= 15 is 0 Å². The summed E-state index contributed by atoms with van der Waals surface area (Å²) in [5.41, 5.74) is 7.39. The fourth-order valence-electron chi connectivity index (χ4n) is 3.52. The number of halogens is 2. The Labute approximate surface area is 210 Å². The molecule has 4 rings (SSSR count). The number of hydrogen-bond donors (Lipinski definition) is 2. The second kappa shape index (κ2) is 10.5. The van der Waals surface area contributed by atoms with Crippen LogP contribution in [0.5, 0.6) is 0 Å². The lowest BCUT2D eigenvalue weighted by atomic mass is 10.0. The molecule has 35 heavy (non-hydrogen) atoms. The van der Waals surface area contributed by atoms with E-state index in [1.54, 1.807) is 66.9 Å². The van der Waals surface area contributed by atoms with Crippen LogP contribution in [0.3, 0.4) is 0 Å². The lowest BCUT2D eigenvalue weighted by Gasteiger charge is -2.17. The molecule has 2 aromatic heterocycles. The Morgan fingerprint density at radius 3 is 2.37 bits per heavy atom. The molecule has 0 spiro atoms. The normalized spacial score (nSPS) is 11.6. The zero-order valence-electron chi connectivity index (χ0n) is 18.2. The molecule has 3 N–H and O–H groups in total. The molecule has 2 heterocycles. The third kappa shape index (κ3) is 5.74. The van der Waals surface area contributed by atoms with Gasteiger partial charge in [-0.1, -0.05) is 53.5 Å². The summed E-state index contributed by atoms with van der Waals surface area (Å²) in [6, 6.07) is 17.8. The second-order valence-corrected chi connectivity index (χ2v) is 8.50. The maximum absolute atomic E-state index is 13.2. The fraction of sp³-hybridized carbons (Fsp3) is 0.0800. The van der Waals surface area contributed by atoms with E-state index in [1.165, 1.54) is 10.9 Å². The Morgan fingerprint density at radius 1 is 0.971 bits per heavy atom. The van der Waals surface area contributed by atoms with E-state index in [0.717, 1.165) is 5.56 Å². The fourth-order valence-corrected chi connectivity index (χ4v) is 4.05. The Hall–Kier alpha value is -4.01. The van der Waals surface area contributed by atoms with Crippen molar-refractivity contribution in [1.29, 1.82) is 0 Å². The number of hydrogen-bond acceptors (Lipinski definition) is 5. The molecule has 0 radical (unpaired) electrons. The number of carbonyl (C=O) groups excluding carboxylic acids is 3. The maximum Gasteiger partial charge on any atom is 0.287 e. The highest BCUT2D eigenvalue weighted by atomic mass is 35.5. The number of amides is 2. The van der Waals surface area contributed by atoms with Crippen LogP contribution in [0.1, 0.15) is 15.9 Å². The highest BCUT2D eigenvalue weighted by Gasteiger charge is 2.27. The van der Waals surface area contributed by atoms with Crippen LogP contribution >= 0.6 is 23.2 Å². The largest absolute Gasteiger partial charge is 0.363 e. The van der Waals surface area contributed by atoms with E-state index in [-0.39, 0.29) is 17.8 Å². The number of nitrogens with one attached hydrogen (secondary N) is 1. The van der Waals surface area contributed by atoms with Crippen LogP contribution in [0.15, 0.2) is 79.1 Å². The van der Waals surface area contributed by atoms with Crippen molar-refractivity contribution >= 4 is 40.8 Å². The molecule has 10 heteroatoms. The molecule has 0 bridgehead atoms. The van der Waals surface area contributed by atoms with E-state index in [1.807, 2.05) is 6.07 Å². The van der Waals surface area contributed by atoms with E-state index in [0.29, 0.717) is 21.3 Å². The molecule has 0 aliphatic heterocycles. The molecule has 4 aromatic rings. The molecule has 1 unspecified atom stereocenters. The van der Waals surface area contributed by atoms with Gasteiger partial charge in [0.2, 0.25) is 5.78 Å². The van der Waals surface area contributed by atoms with Crippen LogP contribution in [-0.4, -0.2) is 38.4 Å². The van der Waals surface area contributed by atoms with Crippen molar-refractivity contribution in [2.24, 2.45) is 5.73 Å². The second-order valence-electron chi connectivity index (χ2n) is 7.62. The molecule has 2 aromatic carbocycles. The van der Waals surface area contributed by atoms with Crippen molar-refractivity contribution in [2.75, 3.05) is 0 Å². The highest BCUT2D eigenvalue weighted by molar-refractivity contribution is 6.38. The molecule has 0 aliphatic rings. The van der Waals surface area contributed by atoms with Gasteiger partial charge in [0.1, 0.15) is 6.04 Å². The van der Waals surface area contributed by atoms with Gasteiger partial charge in [0.05, 0.1) is 11.3 Å². The predicted molar refractivity (Wildman–Crippen MR) is 132 cm³/mol. The smallest absolute Gasteiger partial charge is 0.287 e. The van der Waals surface area contributed by atoms with Crippen LogP contribution in [-0.2, 0) is 16.0 Å². The molecule has 8 nitrogen and oxygen atoms in total. The number of nitrogens with two attached hydrogens (primary N) is 1. The Morgan fingerprint density at radius 2 is 1.69 bits per heavy atom. The zero-order valence-corrected chi connectivity index (χ0v) is 19.7. The van der Waals surface area contributed by atoms with Crippen molar-refractivity contribution in [3.63, 3.8) is 0 Å². The average Bonchev–Trinajstić information content (AvgIpc) is 3.33. The topological polar surface area (TPSA) is 120 Å². The summed E-state index contributed by atoms with van der Waals surface area (Å²) in [7, 11) is 0. The summed E-state index contributed by atoms with van der Waals surface area (Å²) in [5, 5.41) is 8.05. The van der Waals surface area contributed by atoms with Crippen LogP contribution in [0.4, 0.5) is 0 Å². The minimum atomic E-state index is -1.14. The number of benzene rings is 2. The molecule has 0 aliphatic carbocycles. The monoisotopic (exact) mass is 507 g/mol. The summed E-state index contributed by atoms with van der Waals surface area (Å²) in [5.74, 6) is -2.40. The first kappa shape index (κ1) is 24.1. The van der Waals surface area contributed by atoms with E-state index in [2.05, 4.69) is 15.4 Å². The van der Waals surface area contributed by atoms with E-state index < -0.39 is 23.6 Å². The molecule has 2 amide bonds. The van der Waals surface area contributed by atoms with Crippen LogP contribution in [0.25, 0.3) is 17.1 Å². The van der Waals surface area contributed by atoms with Gasteiger partial charge in [-0.25, -0.2) is 9.67 Å². The third-order valence-corrected chi connectivity index (χ3v) is 5.58. The first-order valence-corrected chi connectivity index (χ1v) is 11.2. The van der Waals surface area contributed by atoms with Gasteiger partial charge in [0.25, 0.3) is 11.8 Å². The lowest BCUT2D eigenvalue weighted by molar-refractivity contribution is -0.137. The van der Waals surface area contributed by atoms with E-state index in [4.69, 9.17) is 28.9 Å². The average molecular weight is 508 g/mol. The molecule has 1 atom stereocenters. The summed E-state index contributed by atoms with van der Waals surface area (Å²) in [6.45, 7) is 0. The number of ketones is 1.